The Morgan fingerprint density at radius 1 is 1.33 bits per heavy atom. The molecule has 0 saturated carbocycles. The van der Waals surface area contributed by atoms with E-state index in [-0.39, 0.29) is 17.7 Å². The Kier molecular flexibility index (Phi) is 5.15. The number of rotatable bonds is 4. The molecule has 4 heteroatoms. The number of hydrogen-bond acceptors (Lipinski definition) is 3. The normalized spacial score (nSPS) is 20.9. The predicted molar refractivity (Wildman–Crippen MR) is 74.5 cm³/mol. The molecule has 1 heterocycles. The van der Waals surface area contributed by atoms with E-state index in [1.807, 2.05) is 7.05 Å². The average Bonchev–Trinajstić information content (AvgIpc) is 2.29. The molecular weight excluding hydrogens is 226 g/mol. The molecule has 1 aliphatic heterocycles. The summed E-state index contributed by atoms with van der Waals surface area (Å²) in [6, 6.07) is 0. The van der Waals surface area contributed by atoms with E-state index in [0.29, 0.717) is 13.1 Å². The van der Waals surface area contributed by atoms with Gasteiger partial charge < -0.3 is 9.95 Å². The second-order valence-corrected chi connectivity index (χ2v) is 6.34. The zero-order valence-corrected chi connectivity index (χ0v) is 12.2. The highest BCUT2D eigenvalue weighted by atomic mass is 16.3. The van der Waals surface area contributed by atoms with Crippen molar-refractivity contribution >= 4 is 0 Å². The van der Waals surface area contributed by atoms with E-state index < -0.39 is 0 Å². The lowest BCUT2D eigenvalue weighted by atomic mass is 9.84. The Morgan fingerprint density at radius 3 is 2.28 bits per heavy atom. The minimum absolute atomic E-state index is 0.0355. The summed E-state index contributed by atoms with van der Waals surface area (Å²) in [5.41, 5.74) is 0.173. The third-order valence-electron chi connectivity index (χ3n) is 4.26. The maximum Gasteiger partial charge on any atom is 0.232 e. The zero-order chi connectivity index (χ0) is 13.8. The van der Waals surface area contributed by atoms with Crippen molar-refractivity contribution in [3.63, 3.8) is 0 Å². The number of β-amino-alcohol motifs (C(OH)–C–C–N with tert-alkyl or cyclic N) is 1. The molecule has 1 saturated heterocycles. The number of hydrogen-bond donors (Lipinski definition) is 1. The summed E-state index contributed by atoms with van der Waals surface area (Å²) in [5, 5.41) is 9.10. The van der Waals surface area contributed by atoms with Gasteiger partial charge in [-0.3, -0.25) is 9.80 Å². The molecule has 0 atom stereocenters. The van der Waals surface area contributed by atoms with Gasteiger partial charge in [-0.25, -0.2) is 6.57 Å². The molecule has 0 aromatic rings. The van der Waals surface area contributed by atoms with Crippen molar-refractivity contribution in [3.05, 3.63) is 11.4 Å². The van der Waals surface area contributed by atoms with Crippen molar-refractivity contribution in [1.82, 2.24) is 9.80 Å². The van der Waals surface area contributed by atoms with E-state index in [4.69, 9.17) is 11.7 Å². The van der Waals surface area contributed by atoms with Gasteiger partial charge in [0.2, 0.25) is 6.54 Å². The smallest absolute Gasteiger partial charge is 0.232 e. The van der Waals surface area contributed by atoms with Gasteiger partial charge in [-0.15, -0.1) is 0 Å². The lowest BCUT2D eigenvalue weighted by Gasteiger charge is -2.48. The maximum absolute atomic E-state index is 9.10. The van der Waals surface area contributed by atoms with Crippen LogP contribution in [0.25, 0.3) is 4.85 Å². The van der Waals surface area contributed by atoms with Gasteiger partial charge in [0.05, 0.1) is 12.1 Å². The van der Waals surface area contributed by atoms with Gasteiger partial charge in [0, 0.05) is 25.2 Å². The molecule has 1 rings (SSSR count). The minimum Gasteiger partial charge on any atom is -0.395 e. The molecule has 0 amide bonds. The van der Waals surface area contributed by atoms with Crippen molar-refractivity contribution in [1.29, 1.82) is 0 Å². The molecule has 4 nitrogen and oxygen atoms in total. The van der Waals surface area contributed by atoms with Crippen molar-refractivity contribution in [3.8, 4) is 0 Å². The lowest BCUT2D eigenvalue weighted by molar-refractivity contribution is 0.00880. The molecule has 1 fully saturated rings. The van der Waals surface area contributed by atoms with Crippen LogP contribution >= 0.6 is 0 Å². The van der Waals surface area contributed by atoms with Crippen LogP contribution in [0.15, 0.2) is 0 Å². The fourth-order valence-electron chi connectivity index (χ4n) is 2.79. The van der Waals surface area contributed by atoms with Crippen LogP contribution in [0.3, 0.4) is 0 Å². The van der Waals surface area contributed by atoms with E-state index in [9.17, 15) is 0 Å². The summed E-state index contributed by atoms with van der Waals surface area (Å²) in [4.78, 5) is 8.30. The van der Waals surface area contributed by atoms with Crippen LogP contribution in [-0.2, 0) is 0 Å². The molecule has 1 aliphatic rings. The van der Waals surface area contributed by atoms with Gasteiger partial charge in [-0.1, -0.05) is 0 Å². The Morgan fingerprint density at radius 2 is 1.89 bits per heavy atom. The van der Waals surface area contributed by atoms with Gasteiger partial charge >= 0.3 is 0 Å². The number of likely N-dealkylation sites (N-methyl/N-ethyl adjacent to an activating group) is 1. The zero-order valence-electron chi connectivity index (χ0n) is 12.2. The molecule has 0 spiro atoms. The Bertz CT molecular complexity index is 295. The standard InChI is InChI=1S/C14H27N3O/c1-13(2,3)17-8-6-14(7-9-17,12-15-4)16(5)10-11-18/h18H,6-12H2,1-3,5H3. The predicted octanol–water partition coefficient (Wildman–Crippen LogP) is 1.46. The Labute approximate surface area is 111 Å². The third-order valence-corrected chi connectivity index (χ3v) is 4.26. The van der Waals surface area contributed by atoms with Crippen molar-refractivity contribution in [2.24, 2.45) is 0 Å². The summed E-state index contributed by atoms with van der Waals surface area (Å²) in [5.74, 6) is 0. The first-order chi connectivity index (χ1) is 8.35. The van der Waals surface area contributed by atoms with Crippen LogP contribution in [0.2, 0.25) is 0 Å². The molecule has 0 radical (unpaired) electrons. The second-order valence-electron chi connectivity index (χ2n) is 6.34. The molecule has 104 valence electrons. The topological polar surface area (TPSA) is 31.1 Å². The van der Waals surface area contributed by atoms with E-state index in [1.165, 1.54) is 0 Å². The molecule has 1 N–H and O–H groups in total. The highest BCUT2D eigenvalue weighted by Crippen LogP contribution is 2.31. The fraction of sp³-hybridized carbons (Fsp3) is 0.929. The monoisotopic (exact) mass is 253 g/mol. The van der Waals surface area contributed by atoms with Crippen LogP contribution < -0.4 is 0 Å². The van der Waals surface area contributed by atoms with Gasteiger partial charge in [-0.2, -0.15) is 0 Å². The van der Waals surface area contributed by atoms with Crippen LogP contribution in [0.1, 0.15) is 33.6 Å². The van der Waals surface area contributed by atoms with Crippen LogP contribution in [-0.4, -0.2) is 65.8 Å². The van der Waals surface area contributed by atoms with Crippen LogP contribution in [0, 0.1) is 6.57 Å². The molecule has 0 bridgehead atoms. The van der Waals surface area contributed by atoms with Crippen molar-refractivity contribution in [2.75, 3.05) is 39.8 Å². The summed E-state index contributed by atoms with van der Waals surface area (Å²) in [6.07, 6.45) is 2.03. The van der Waals surface area contributed by atoms with E-state index in [1.54, 1.807) is 0 Å². The summed E-state index contributed by atoms with van der Waals surface area (Å²) in [6.45, 7) is 17.4. The molecule has 18 heavy (non-hydrogen) atoms. The number of nitrogens with zero attached hydrogens (tertiary/aromatic N) is 3. The maximum atomic E-state index is 9.10. The number of piperidine rings is 1. The summed E-state index contributed by atoms with van der Waals surface area (Å²) >= 11 is 0. The van der Waals surface area contributed by atoms with Crippen LogP contribution in [0.5, 0.6) is 0 Å². The lowest BCUT2D eigenvalue weighted by Crippen LogP contribution is -2.59. The van der Waals surface area contributed by atoms with Gasteiger partial charge in [0.25, 0.3) is 0 Å². The van der Waals surface area contributed by atoms with E-state index >= 15 is 0 Å². The molecule has 0 aromatic heterocycles. The largest absolute Gasteiger partial charge is 0.395 e. The van der Waals surface area contributed by atoms with Gasteiger partial charge in [-0.05, 0) is 40.7 Å². The van der Waals surface area contributed by atoms with Crippen molar-refractivity contribution < 1.29 is 5.11 Å². The highest BCUT2D eigenvalue weighted by molar-refractivity contribution is 5.00. The fourth-order valence-corrected chi connectivity index (χ4v) is 2.79. The average molecular weight is 253 g/mol. The van der Waals surface area contributed by atoms with Crippen molar-refractivity contribution in [2.45, 2.75) is 44.7 Å². The van der Waals surface area contributed by atoms with E-state index in [0.717, 1.165) is 25.9 Å². The van der Waals surface area contributed by atoms with E-state index in [2.05, 4.69) is 35.4 Å². The first kappa shape index (κ1) is 15.4. The quantitative estimate of drug-likeness (QED) is 0.770. The molecule has 0 aliphatic carbocycles. The first-order valence-electron chi connectivity index (χ1n) is 6.76. The summed E-state index contributed by atoms with van der Waals surface area (Å²) in [7, 11) is 2.04. The molecule has 0 aromatic carbocycles. The molecule has 0 unspecified atom stereocenters. The van der Waals surface area contributed by atoms with Gasteiger partial charge in [0.1, 0.15) is 0 Å². The second kappa shape index (κ2) is 6.01. The SMILES string of the molecule is [C-]#[N+]CC1(N(C)CCO)CCN(C(C)(C)C)CC1. The number of aliphatic hydroxyl groups is 1. The van der Waals surface area contributed by atoms with Gasteiger partial charge in [0.15, 0.2) is 0 Å². The number of likely N-dealkylation sites (tertiary alicyclic amines) is 1. The minimum atomic E-state index is -0.0355. The van der Waals surface area contributed by atoms with Crippen LogP contribution in [0.4, 0.5) is 0 Å². The number of aliphatic hydroxyl groups excluding tert-OH is 1. The Hall–Kier alpha value is -0.630. The molecular formula is C14H27N3O. The highest BCUT2D eigenvalue weighted by Gasteiger charge is 2.42. The first-order valence-corrected chi connectivity index (χ1v) is 6.76. The third kappa shape index (κ3) is 3.44. The Balaban J connectivity index is 2.71. The summed E-state index contributed by atoms with van der Waals surface area (Å²) < 4.78 is 0.